The van der Waals surface area contributed by atoms with E-state index >= 15 is 0 Å². The molecule has 1 aliphatic rings. The molecule has 1 fully saturated rings. The van der Waals surface area contributed by atoms with Crippen LogP contribution in [0.1, 0.15) is 31.2 Å². The van der Waals surface area contributed by atoms with Crippen LogP contribution in [0.25, 0.3) is 0 Å². The summed E-state index contributed by atoms with van der Waals surface area (Å²) in [6.07, 6.45) is 2.64. The van der Waals surface area contributed by atoms with Gasteiger partial charge in [-0.2, -0.15) is 0 Å². The van der Waals surface area contributed by atoms with Gasteiger partial charge in [-0.1, -0.05) is 31.5 Å². The molecule has 0 bridgehead atoms. The second-order valence-electron chi connectivity index (χ2n) is 3.75. The highest BCUT2D eigenvalue weighted by atomic mass is 16.5. The summed E-state index contributed by atoms with van der Waals surface area (Å²) in [4.78, 5) is 0. The maximum atomic E-state index is 5.34. The Morgan fingerprint density at radius 1 is 1.33 bits per heavy atom. The third-order valence-corrected chi connectivity index (χ3v) is 2.99. The van der Waals surface area contributed by atoms with Crippen LogP contribution in [0.15, 0.2) is 24.3 Å². The molecule has 0 saturated heterocycles. The van der Waals surface area contributed by atoms with Crippen LogP contribution in [0.5, 0.6) is 5.75 Å². The summed E-state index contributed by atoms with van der Waals surface area (Å²) in [5.74, 6) is 2.72. The van der Waals surface area contributed by atoms with E-state index in [1.165, 1.54) is 25.5 Å². The van der Waals surface area contributed by atoms with E-state index in [4.69, 9.17) is 4.74 Å². The summed E-state index contributed by atoms with van der Waals surface area (Å²) in [5.41, 5.74) is 5.90. The quantitative estimate of drug-likeness (QED) is 0.827. The summed E-state index contributed by atoms with van der Waals surface area (Å²) in [5, 5.41) is 0. The Labute approximate surface area is 92.4 Å². The molecule has 0 heterocycles. The molecule has 0 spiro atoms. The van der Waals surface area contributed by atoms with Gasteiger partial charge >= 0.3 is 0 Å². The molecule has 1 aliphatic carbocycles. The second kappa shape index (κ2) is 5.76. The molecule has 1 aromatic rings. The SMILES string of the molecule is CCC1CC1c1ccccc1OC.CN. The summed E-state index contributed by atoms with van der Waals surface area (Å²) < 4.78 is 5.34. The van der Waals surface area contributed by atoms with Crippen LogP contribution in [-0.2, 0) is 0 Å². The smallest absolute Gasteiger partial charge is 0.122 e. The maximum Gasteiger partial charge on any atom is 0.122 e. The van der Waals surface area contributed by atoms with E-state index < -0.39 is 0 Å². The zero-order valence-corrected chi connectivity index (χ0v) is 9.86. The van der Waals surface area contributed by atoms with Gasteiger partial charge in [-0.3, -0.25) is 0 Å². The minimum absolute atomic E-state index is 0.765. The van der Waals surface area contributed by atoms with Crippen molar-refractivity contribution in [2.75, 3.05) is 14.2 Å². The number of nitrogens with two attached hydrogens (primary N) is 1. The first kappa shape index (κ1) is 12.1. The van der Waals surface area contributed by atoms with E-state index in [-0.39, 0.29) is 0 Å². The third-order valence-electron chi connectivity index (χ3n) is 2.99. The predicted molar refractivity (Wildman–Crippen MR) is 64.2 cm³/mol. The minimum atomic E-state index is 0.765. The number of rotatable bonds is 3. The lowest BCUT2D eigenvalue weighted by Crippen LogP contribution is -1.90. The molecule has 2 rings (SSSR count). The van der Waals surface area contributed by atoms with Gasteiger partial charge in [0, 0.05) is 0 Å². The number of ether oxygens (including phenoxy) is 1. The number of benzene rings is 1. The van der Waals surface area contributed by atoms with Gasteiger partial charge in [0.25, 0.3) is 0 Å². The summed E-state index contributed by atoms with van der Waals surface area (Å²) in [7, 11) is 3.25. The number of hydrogen-bond donors (Lipinski definition) is 1. The van der Waals surface area contributed by atoms with Crippen LogP contribution in [0.3, 0.4) is 0 Å². The second-order valence-corrected chi connectivity index (χ2v) is 3.75. The standard InChI is InChI=1S/C12H16O.CH5N/c1-3-9-8-11(9)10-6-4-5-7-12(10)13-2;1-2/h4-7,9,11H,3,8H2,1-2H3;2H2,1H3. The molecule has 1 aromatic carbocycles. The molecular weight excluding hydrogens is 186 g/mol. The Morgan fingerprint density at radius 2 is 2.00 bits per heavy atom. The lowest BCUT2D eigenvalue weighted by atomic mass is 10.1. The van der Waals surface area contributed by atoms with E-state index in [0.29, 0.717) is 0 Å². The third kappa shape index (κ3) is 2.72. The molecule has 84 valence electrons. The Hall–Kier alpha value is -1.02. The highest BCUT2D eigenvalue weighted by Crippen LogP contribution is 2.51. The molecule has 2 atom stereocenters. The van der Waals surface area contributed by atoms with Gasteiger partial charge in [-0.25, -0.2) is 0 Å². The van der Waals surface area contributed by atoms with Crippen LogP contribution in [-0.4, -0.2) is 14.2 Å². The fourth-order valence-corrected chi connectivity index (χ4v) is 2.05. The van der Waals surface area contributed by atoms with Crippen molar-refractivity contribution in [1.82, 2.24) is 0 Å². The molecule has 2 unspecified atom stereocenters. The normalized spacial score (nSPS) is 22.7. The molecule has 2 N–H and O–H groups in total. The predicted octanol–water partition coefficient (Wildman–Crippen LogP) is 2.78. The van der Waals surface area contributed by atoms with Crippen molar-refractivity contribution < 1.29 is 4.74 Å². The van der Waals surface area contributed by atoms with Crippen molar-refractivity contribution in [2.45, 2.75) is 25.7 Å². The van der Waals surface area contributed by atoms with E-state index in [2.05, 4.69) is 30.9 Å². The molecule has 15 heavy (non-hydrogen) atoms. The van der Waals surface area contributed by atoms with Gasteiger partial charge in [-0.05, 0) is 36.9 Å². The van der Waals surface area contributed by atoms with Crippen molar-refractivity contribution in [3.8, 4) is 5.75 Å². The molecule has 2 heteroatoms. The van der Waals surface area contributed by atoms with Crippen LogP contribution in [0.2, 0.25) is 0 Å². The average Bonchev–Trinajstić information content (AvgIpc) is 3.11. The number of hydrogen-bond acceptors (Lipinski definition) is 2. The molecular formula is C13H21NO. The topological polar surface area (TPSA) is 35.2 Å². The molecule has 0 aliphatic heterocycles. The van der Waals surface area contributed by atoms with Crippen molar-refractivity contribution in [1.29, 1.82) is 0 Å². The summed E-state index contributed by atoms with van der Waals surface area (Å²) >= 11 is 0. The monoisotopic (exact) mass is 207 g/mol. The van der Waals surface area contributed by atoms with E-state index in [1.54, 1.807) is 7.11 Å². The van der Waals surface area contributed by atoms with E-state index in [1.807, 2.05) is 6.07 Å². The number of methoxy groups -OCH3 is 1. The molecule has 0 aromatic heterocycles. The van der Waals surface area contributed by atoms with E-state index in [0.717, 1.165) is 17.6 Å². The maximum absolute atomic E-state index is 5.34. The van der Waals surface area contributed by atoms with Crippen molar-refractivity contribution in [3.63, 3.8) is 0 Å². The van der Waals surface area contributed by atoms with Crippen molar-refractivity contribution >= 4 is 0 Å². The minimum Gasteiger partial charge on any atom is -0.496 e. The average molecular weight is 207 g/mol. The van der Waals surface area contributed by atoms with Gasteiger partial charge in [0.15, 0.2) is 0 Å². The number of para-hydroxylation sites is 1. The first-order valence-electron chi connectivity index (χ1n) is 5.57. The van der Waals surface area contributed by atoms with Gasteiger partial charge in [0.2, 0.25) is 0 Å². The largest absolute Gasteiger partial charge is 0.496 e. The molecule has 1 saturated carbocycles. The van der Waals surface area contributed by atoms with Crippen LogP contribution in [0.4, 0.5) is 0 Å². The van der Waals surface area contributed by atoms with Crippen LogP contribution < -0.4 is 10.5 Å². The fraction of sp³-hybridized carbons (Fsp3) is 0.538. The lowest BCUT2D eigenvalue weighted by Gasteiger charge is -2.06. The zero-order chi connectivity index (χ0) is 11.3. The van der Waals surface area contributed by atoms with Gasteiger partial charge in [0.05, 0.1) is 7.11 Å². The zero-order valence-electron chi connectivity index (χ0n) is 9.86. The van der Waals surface area contributed by atoms with Gasteiger partial charge in [-0.15, -0.1) is 0 Å². The molecule has 0 amide bonds. The van der Waals surface area contributed by atoms with Gasteiger partial charge in [0.1, 0.15) is 5.75 Å². The Balaban J connectivity index is 0.000000531. The Morgan fingerprint density at radius 3 is 2.53 bits per heavy atom. The van der Waals surface area contributed by atoms with Crippen molar-refractivity contribution in [2.24, 2.45) is 11.7 Å². The lowest BCUT2D eigenvalue weighted by molar-refractivity contribution is 0.409. The van der Waals surface area contributed by atoms with Crippen molar-refractivity contribution in [3.05, 3.63) is 29.8 Å². The fourth-order valence-electron chi connectivity index (χ4n) is 2.05. The first-order valence-corrected chi connectivity index (χ1v) is 5.57. The molecule has 0 radical (unpaired) electrons. The van der Waals surface area contributed by atoms with Crippen LogP contribution >= 0.6 is 0 Å². The highest BCUT2D eigenvalue weighted by Gasteiger charge is 2.37. The Kier molecular flexibility index (Phi) is 4.63. The van der Waals surface area contributed by atoms with Crippen LogP contribution in [0, 0.1) is 5.92 Å². The summed E-state index contributed by atoms with van der Waals surface area (Å²) in [6, 6.07) is 8.38. The Bertz CT molecular complexity index is 298. The summed E-state index contributed by atoms with van der Waals surface area (Å²) in [6.45, 7) is 2.26. The molecule has 2 nitrogen and oxygen atoms in total. The van der Waals surface area contributed by atoms with E-state index in [9.17, 15) is 0 Å². The first-order chi connectivity index (χ1) is 7.36. The van der Waals surface area contributed by atoms with Gasteiger partial charge < -0.3 is 10.5 Å². The highest BCUT2D eigenvalue weighted by molar-refractivity contribution is 5.39.